The number of aromatic nitrogens is 2. The predicted octanol–water partition coefficient (Wildman–Crippen LogP) is 1.96. The van der Waals surface area contributed by atoms with Crippen LogP contribution in [0.15, 0.2) is 35.1 Å². The van der Waals surface area contributed by atoms with Gasteiger partial charge in [0.25, 0.3) is 17.5 Å². The molecule has 1 aromatic carbocycles. The molecule has 0 fully saturated rings. The van der Waals surface area contributed by atoms with Crippen molar-refractivity contribution in [3.63, 3.8) is 0 Å². The van der Waals surface area contributed by atoms with Crippen molar-refractivity contribution in [2.75, 3.05) is 20.2 Å². The van der Waals surface area contributed by atoms with Crippen LogP contribution in [0.4, 0.5) is 13.2 Å². The van der Waals surface area contributed by atoms with Crippen LogP contribution in [0, 0.1) is 0 Å². The number of hydrogen-bond donors (Lipinski definition) is 2. The quantitative estimate of drug-likeness (QED) is 0.663. The average molecular weight is 398 g/mol. The second-order valence-corrected chi connectivity index (χ2v) is 6.10. The number of hydrogen-bond acceptors (Lipinski definition) is 5. The standard InChI is InChI=1S/C18H21F3N4O3/c1-11(12-4-6-13(7-5-12)18(19,20)21)25-15(26)10-14(16(22)27)24-17(25)28-9-3-8-23-2/h4-7,10-11,23H,3,8-9H2,1-2H3,(H2,22,27). The predicted molar refractivity (Wildman–Crippen MR) is 96.3 cm³/mol. The third-order valence-electron chi connectivity index (χ3n) is 4.08. The SMILES string of the molecule is CNCCCOc1nc(C(N)=O)cc(=O)n1C(C)c1ccc(C(F)(F)F)cc1. The van der Waals surface area contributed by atoms with Crippen molar-refractivity contribution in [1.29, 1.82) is 0 Å². The number of primary amides is 1. The van der Waals surface area contributed by atoms with Crippen LogP contribution in [0.3, 0.4) is 0 Å². The molecule has 0 saturated heterocycles. The smallest absolute Gasteiger partial charge is 0.416 e. The normalized spacial score (nSPS) is 12.6. The van der Waals surface area contributed by atoms with Crippen molar-refractivity contribution < 1.29 is 22.7 Å². The van der Waals surface area contributed by atoms with Gasteiger partial charge in [-0.05, 0) is 44.6 Å². The summed E-state index contributed by atoms with van der Waals surface area (Å²) in [5.41, 5.74) is 4.02. The van der Waals surface area contributed by atoms with Crippen molar-refractivity contribution in [1.82, 2.24) is 14.9 Å². The van der Waals surface area contributed by atoms with E-state index in [1.807, 2.05) is 0 Å². The van der Waals surface area contributed by atoms with Gasteiger partial charge in [0.2, 0.25) is 0 Å². The van der Waals surface area contributed by atoms with Gasteiger partial charge in [-0.2, -0.15) is 18.2 Å². The van der Waals surface area contributed by atoms with Crippen LogP contribution in [0.1, 0.15) is 41.0 Å². The molecule has 1 heterocycles. The molecule has 152 valence electrons. The van der Waals surface area contributed by atoms with Crippen LogP contribution in [-0.4, -0.2) is 35.7 Å². The molecule has 28 heavy (non-hydrogen) atoms. The average Bonchev–Trinajstić information content (AvgIpc) is 2.63. The minimum absolute atomic E-state index is 0.121. The zero-order valence-corrected chi connectivity index (χ0v) is 15.4. The van der Waals surface area contributed by atoms with Crippen molar-refractivity contribution in [2.24, 2.45) is 5.73 Å². The summed E-state index contributed by atoms with van der Waals surface area (Å²) in [6.45, 7) is 2.50. The molecule has 10 heteroatoms. The lowest BCUT2D eigenvalue weighted by molar-refractivity contribution is -0.137. The molecule has 0 aliphatic rings. The number of benzene rings is 1. The van der Waals surface area contributed by atoms with Gasteiger partial charge < -0.3 is 15.8 Å². The molecular formula is C18H21F3N4O3. The Hall–Kier alpha value is -2.88. The molecule has 3 N–H and O–H groups in total. The molecule has 7 nitrogen and oxygen atoms in total. The van der Waals surface area contributed by atoms with Crippen LogP contribution < -0.4 is 21.3 Å². The van der Waals surface area contributed by atoms with E-state index in [0.29, 0.717) is 18.5 Å². The zero-order chi connectivity index (χ0) is 20.9. The van der Waals surface area contributed by atoms with Crippen LogP contribution in [0.2, 0.25) is 0 Å². The highest BCUT2D eigenvalue weighted by Gasteiger charge is 2.30. The monoisotopic (exact) mass is 398 g/mol. The van der Waals surface area contributed by atoms with E-state index in [1.165, 1.54) is 16.7 Å². The first kappa shape index (κ1) is 21.4. The summed E-state index contributed by atoms with van der Waals surface area (Å²) in [7, 11) is 1.77. The summed E-state index contributed by atoms with van der Waals surface area (Å²) < 4.78 is 45.0. The van der Waals surface area contributed by atoms with E-state index in [1.54, 1.807) is 14.0 Å². The second kappa shape index (κ2) is 8.87. The summed E-state index contributed by atoms with van der Waals surface area (Å²) in [5.74, 6) is -0.883. The van der Waals surface area contributed by atoms with Crippen molar-refractivity contribution in [2.45, 2.75) is 25.6 Å². The van der Waals surface area contributed by atoms with Crippen molar-refractivity contribution in [3.05, 3.63) is 57.5 Å². The van der Waals surface area contributed by atoms with Gasteiger partial charge in [0.05, 0.1) is 18.2 Å². The van der Waals surface area contributed by atoms with Crippen LogP contribution >= 0.6 is 0 Å². The summed E-state index contributed by atoms with van der Waals surface area (Å²) in [6.07, 6.45) is -3.84. The van der Waals surface area contributed by atoms with E-state index in [9.17, 15) is 22.8 Å². The number of alkyl halides is 3. The van der Waals surface area contributed by atoms with Gasteiger partial charge in [0.15, 0.2) is 0 Å². The highest BCUT2D eigenvalue weighted by atomic mass is 19.4. The fourth-order valence-electron chi connectivity index (χ4n) is 2.57. The lowest BCUT2D eigenvalue weighted by atomic mass is 10.1. The van der Waals surface area contributed by atoms with Crippen LogP contribution in [0.5, 0.6) is 6.01 Å². The largest absolute Gasteiger partial charge is 0.465 e. The third kappa shape index (κ3) is 5.10. The second-order valence-electron chi connectivity index (χ2n) is 6.10. The molecule has 0 saturated carbocycles. The Morgan fingerprint density at radius 1 is 1.32 bits per heavy atom. The molecule has 0 bridgehead atoms. The van der Waals surface area contributed by atoms with Crippen LogP contribution in [0.25, 0.3) is 0 Å². The lowest BCUT2D eigenvalue weighted by Gasteiger charge is -2.20. The summed E-state index contributed by atoms with van der Waals surface area (Å²) in [4.78, 5) is 27.9. The molecule has 1 amide bonds. The minimum Gasteiger partial charge on any atom is -0.465 e. The van der Waals surface area contributed by atoms with Gasteiger partial charge in [-0.15, -0.1) is 0 Å². The summed E-state index contributed by atoms with van der Waals surface area (Å²) in [6, 6.07) is 4.63. The molecule has 0 radical (unpaired) electrons. The highest BCUT2D eigenvalue weighted by Crippen LogP contribution is 2.30. The number of carbonyl (C=O) groups excluding carboxylic acids is 1. The van der Waals surface area contributed by atoms with Gasteiger partial charge in [0.1, 0.15) is 5.69 Å². The molecule has 2 rings (SSSR count). The maximum Gasteiger partial charge on any atom is 0.416 e. The molecule has 2 aromatic rings. The van der Waals surface area contributed by atoms with Gasteiger partial charge in [-0.25, -0.2) is 0 Å². The number of nitrogens with zero attached hydrogens (tertiary/aromatic N) is 2. The molecule has 0 spiro atoms. The van der Waals surface area contributed by atoms with E-state index < -0.39 is 29.2 Å². The number of ether oxygens (including phenoxy) is 1. The fourth-order valence-corrected chi connectivity index (χ4v) is 2.57. The number of carbonyl (C=O) groups is 1. The first-order valence-corrected chi connectivity index (χ1v) is 8.53. The van der Waals surface area contributed by atoms with E-state index in [0.717, 1.165) is 18.2 Å². The minimum atomic E-state index is -4.45. The Kier molecular flexibility index (Phi) is 6.79. The summed E-state index contributed by atoms with van der Waals surface area (Å²) >= 11 is 0. The third-order valence-corrected chi connectivity index (χ3v) is 4.08. The maximum atomic E-state index is 12.8. The molecule has 1 unspecified atom stereocenters. The molecule has 0 aliphatic carbocycles. The van der Waals surface area contributed by atoms with Gasteiger partial charge in [-0.3, -0.25) is 14.2 Å². The van der Waals surface area contributed by atoms with E-state index in [4.69, 9.17) is 10.5 Å². The van der Waals surface area contributed by atoms with E-state index in [-0.39, 0.29) is 18.3 Å². The lowest BCUT2D eigenvalue weighted by Crippen LogP contribution is -2.29. The van der Waals surface area contributed by atoms with E-state index in [2.05, 4.69) is 10.3 Å². The number of amides is 1. The molecule has 0 aliphatic heterocycles. The first-order valence-electron chi connectivity index (χ1n) is 8.53. The Balaban J connectivity index is 2.41. The van der Waals surface area contributed by atoms with E-state index >= 15 is 0 Å². The number of nitrogens with two attached hydrogens (primary N) is 1. The zero-order valence-electron chi connectivity index (χ0n) is 15.4. The molecule has 1 aromatic heterocycles. The fraction of sp³-hybridized carbons (Fsp3) is 0.389. The number of halogens is 3. The number of rotatable bonds is 8. The van der Waals surface area contributed by atoms with Crippen molar-refractivity contribution >= 4 is 5.91 Å². The maximum absolute atomic E-state index is 12.8. The van der Waals surface area contributed by atoms with Crippen molar-refractivity contribution in [3.8, 4) is 6.01 Å². The Bertz CT molecular complexity index is 879. The van der Waals surface area contributed by atoms with Crippen LogP contribution in [-0.2, 0) is 6.18 Å². The number of nitrogens with one attached hydrogen (secondary N) is 1. The summed E-state index contributed by atoms with van der Waals surface area (Å²) in [5, 5.41) is 2.94. The van der Waals surface area contributed by atoms with Gasteiger partial charge >= 0.3 is 6.18 Å². The van der Waals surface area contributed by atoms with Gasteiger partial charge in [0, 0.05) is 6.07 Å². The Morgan fingerprint density at radius 3 is 2.50 bits per heavy atom. The Morgan fingerprint density at radius 2 is 1.96 bits per heavy atom. The Labute approximate surface area is 159 Å². The highest BCUT2D eigenvalue weighted by molar-refractivity contribution is 5.90. The topological polar surface area (TPSA) is 99.2 Å². The van der Waals surface area contributed by atoms with Gasteiger partial charge in [-0.1, -0.05) is 12.1 Å². The molecule has 1 atom stereocenters. The molecular weight excluding hydrogens is 377 g/mol. The first-order chi connectivity index (χ1) is 13.1.